The highest BCUT2D eigenvalue weighted by Crippen LogP contribution is 2.35. The van der Waals surface area contributed by atoms with Crippen LogP contribution >= 0.6 is 0 Å². The molecule has 85 heavy (non-hydrogen) atoms. The van der Waals surface area contributed by atoms with Gasteiger partial charge in [-0.05, 0) is 54.7 Å². The number of nitrogens with one attached hydrogen (secondary N) is 2. The summed E-state index contributed by atoms with van der Waals surface area (Å²) in [6.07, 6.45) is -3.71. The average molecular weight is 1180 g/mol. The molecule has 0 saturated carbocycles. The molecule has 2 aliphatic heterocycles. The van der Waals surface area contributed by atoms with Crippen molar-refractivity contribution in [2.75, 3.05) is 84.6 Å². The van der Waals surface area contributed by atoms with Crippen LogP contribution in [0, 0.1) is 0 Å². The Morgan fingerprint density at radius 1 is 0.741 bits per heavy atom. The number of quaternary nitrogens is 1. The minimum absolute atomic E-state index is 0.00394. The van der Waals surface area contributed by atoms with Gasteiger partial charge in [0.2, 0.25) is 31.0 Å². The van der Waals surface area contributed by atoms with Gasteiger partial charge < -0.3 is 64.1 Å². The molecule has 4 N–H and O–H groups in total. The van der Waals surface area contributed by atoms with Crippen LogP contribution in [0.4, 0.5) is 27.0 Å². The molecule has 2 aromatic carbocycles. The molecular weight excluding hydrogens is 1110 g/mol. The second-order valence-corrected chi connectivity index (χ2v) is 21.0. The maximum absolute atomic E-state index is 13.5. The Hall–Kier alpha value is -8.98. The minimum atomic E-state index is -1.78. The van der Waals surface area contributed by atoms with Gasteiger partial charge in [-0.1, -0.05) is 50.1 Å². The molecule has 4 aromatic rings. The first-order valence-electron chi connectivity index (χ1n) is 27.6. The summed E-state index contributed by atoms with van der Waals surface area (Å²) in [6.45, 7) is 6.59. The summed E-state index contributed by atoms with van der Waals surface area (Å²) in [4.78, 5) is 131. The van der Waals surface area contributed by atoms with Crippen molar-refractivity contribution in [1.29, 1.82) is 0 Å². The van der Waals surface area contributed by atoms with E-state index in [1.807, 2.05) is 50.5 Å². The summed E-state index contributed by atoms with van der Waals surface area (Å²) in [7, 11) is 7.95. The SMILES string of the molecule is CCCCNc1nc(N)nc2ccc(Cc3ccc(C[N+](C)(C)COC(=O)N(C)CCN(C)C(=O)OCc4ccc(O[C@@H]5O[C@H](C(=O)OC)[C@@H](OC(C)=O)[C@H](OC(C)=O)[C@H]5OC(C)=O)c(NC(=O)CCCCCN5C(=O)C=CC5=O)c4)cc3)nc12. The topological polar surface area (TPSA) is 326 Å². The fraction of sp³-hybridized carbons (Fsp3) is 0.483. The molecule has 5 atom stereocenters. The van der Waals surface area contributed by atoms with E-state index in [1.54, 1.807) is 7.05 Å². The normalized spacial score (nSPS) is 17.4. The number of ether oxygens (including phenoxy) is 8. The molecular formula is C58H75N10O17+. The number of amides is 5. The maximum atomic E-state index is 13.5. The number of carbonyl (C=O) groups excluding carboxylic acids is 9. The first kappa shape index (κ1) is 65.2. The predicted octanol–water partition coefficient (Wildman–Crippen LogP) is 4.78. The van der Waals surface area contributed by atoms with Crippen LogP contribution in [0.25, 0.3) is 11.0 Å². The number of likely N-dealkylation sites (N-methyl/N-ethyl adjacent to an activating group) is 2. The predicted molar refractivity (Wildman–Crippen MR) is 304 cm³/mol. The number of unbranched alkanes of at least 4 members (excludes halogenated alkanes) is 3. The molecule has 0 bridgehead atoms. The van der Waals surface area contributed by atoms with Crippen LogP contribution in [0.15, 0.2) is 66.7 Å². The van der Waals surface area contributed by atoms with Gasteiger partial charge in [0.1, 0.15) is 24.4 Å². The van der Waals surface area contributed by atoms with Crippen molar-refractivity contribution in [2.24, 2.45) is 0 Å². The van der Waals surface area contributed by atoms with Crippen LogP contribution in [-0.2, 0) is 86.3 Å². The highest BCUT2D eigenvalue weighted by atomic mass is 16.7. The van der Waals surface area contributed by atoms with Crippen molar-refractivity contribution in [3.8, 4) is 5.75 Å². The lowest BCUT2D eigenvalue weighted by atomic mass is 9.97. The van der Waals surface area contributed by atoms with Crippen LogP contribution in [-0.4, -0.2) is 187 Å². The number of pyridine rings is 1. The molecule has 458 valence electrons. The van der Waals surface area contributed by atoms with Crippen LogP contribution in [0.2, 0.25) is 0 Å². The number of rotatable bonds is 28. The molecule has 0 aliphatic carbocycles. The Morgan fingerprint density at radius 2 is 1.36 bits per heavy atom. The summed E-state index contributed by atoms with van der Waals surface area (Å²) in [6, 6.07) is 16.3. The molecule has 2 aliphatic rings. The van der Waals surface area contributed by atoms with E-state index in [0.29, 0.717) is 59.1 Å². The van der Waals surface area contributed by atoms with Crippen molar-refractivity contribution in [3.05, 3.63) is 89.1 Å². The zero-order valence-corrected chi connectivity index (χ0v) is 49.3. The second-order valence-electron chi connectivity index (χ2n) is 21.0. The molecule has 27 nitrogen and oxygen atoms in total. The third kappa shape index (κ3) is 19.3. The van der Waals surface area contributed by atoms with Gasteiger partial charge in [-0.3, -0.25) is 38.2 Å². The lowest BCUT2D eigenvalue weighted by Crippen LogP contribution is -2.64. The highest BCUT2D eigenvalue weighted by Gasteiger charge is 2.56. The van der Waals surface area contributed by atoms with E-state index in [4.69, 9.17) is 48.6 Å². The van der Waals surface area contributed by atoms with Gasteiger partial charge in [0.05, 0.1) is 32.4 Å². The molecule has 1 fully saturated rings. The van der Waals surface area contributed by atoms with Gasteiger partial charge in [-0.15, -0.1) is 0 Å². The lowest BCUT2D eigenvalue weighted by molar-refractivity contribution is -0.920. The van der Waals surface area contributed by atoms with E-state index in [2.05, 4.69) is 27.5 Å². The van der Waals surface area contributed by atoms with Gasteiger partial charge in [0, 0.05) is 97.3 Å². The van der Waals surface area contributed by atoms with E-state index in [1.165, 1.54) is 47.2 Å². The fourth-order valence-electron chi connectivity index (χ4n) is 9.03. The lowest BCUT2D eigenvalue weighted by Gasteiger charge is -2.43. The largest absolute Gasteiger partial charge is 0.467 e. The van der Waals surface area contributed by atoms with E-state index < -0.39 is 84.5 Å². The number of imide groups is 1. The Morgan fingerprint density at radius 3 is 2.01 bits per heavy atom. The first-order chi connectivity index (χ1) is 40.4. The quantitative estimate of drug-likeness (QED) is 0.0172. The summed E-state index contributed by atoms with van der Waals surface area (Å²) < 4.78 is 45.0. The minimum Gasteiger partial charge on any atom is -0.467 e. The van der Waals surface area contributed by atoms with Gasteiger partial charge in [0.15, 0.2) is 24.1 Å². The van der Waals surface area contributed by atoms with Crippen molar-refractivity contribution in [1.82, 2.24) is 29.7 Å². The number of esters is 4. The number of aromatic nitrogens is 3. The number of methoxy groups -OCH3 is 1. The van der Waals surface area contributed by atoms with E-state index in [9.17, 15) is 43.2 Å². The molecule has 1 saturated heterocycles. The van der Waals surface area contributed by atoms with Crippen LogP contribution in [0.3, 0.4) is 0 Å². The second kappa shape index (κ2) is 30.5. The number of hydrogen-bond acceptors (Lipinski definition) is 22. The van der Waals surface area contributed by atoms with Gasteiger partial charge in [-0.25, -0.2) is 24.4 Å². The molecule has 4 heterocycles. The molecule has 6 rings (SSSR count). The molecule has 0 unspecified atom stereocenters. The number of anilines is 3. The van der Waals surface area contributed by atoms with E-state index in [-0.39, 0.29) is 56.8 Å². The van der Waals surface area contributed by atoms with Gasteiger partial charge >= 0.3 is 36.1 Å². The third-order valence-electron chi connectivity index (χ3n) is 13.3. The standard InChI is InChI=1S/C58H74N10O17/c1-10-11-26-60-53-48-42(63-56(59)64-53)22-21-41(61-48)30-38-16-18-39(19-17-38)32-68(7,8)34-80-58(77)66(6)29-28-65(5)57(76)79-33-40-20-23-44(43(31-40)62-45(72)15-13-12-14-27-67-46(73)24-25-47(67)74)84-55-52(83-37(4)71)50(82-36(3)70)49(81-35(2)69)51(85-55)54(75)78-9/h16-25,31,49-52,55H,10-15,26-30,32-34H2,1-9H3,(H3-,59,60,62,63,64,72)/p+1/t49-,50-,51-,52+,55+/m0/s1. The van der Waals surface area contributed by atoms with Crippen molar-refractivity contribution < 1.29 is 85.5 Å². The Labute approximate surface area is 491 Å². The molecule has 27 heteroatoms. The van der Waals surface area contributed by atoms with Crippen molar-refractivity contribution >= 4 is 82.3 Å². The number of nitrogen functional groups attached to an aromatic ring is 1. The fourth-order valence-corrected chi connectivity index (χ4v) is 9.03. The van der Waals surface area contributed by atoms with Crippen molar-refractivity contribution in [2.45, 2.75) is 116 Å². The maximum Gasteiger partial charge on any atom is 0.413 e. The molecule has 0 radical (unpaired) electrons. The molecule has 0 spiro atoms. The van der Waals surface area contributed by atoms with Crippen LogP contribution in [0.1, 0.15) is 88.6 Å². The molecule has 5 amide bonds. The first-order valence-corrected chi connectivity index (χ1v) is 27.6. The van der Waals surface area contributed by atoms with Crippen LogP contribution in [0.5, 0.6) is 5.75 Å². The van der Waals surface area contributed by atoms with Gasteiger partial charge in [0.25, 0.3) is 11.8 Å². The zero-order chi connectivity index (χ0) is 62.0. The molecule has 2 aromatic heterocycles. The smallest absolute Gasteiger partial charge is 0.413 e. The van der Waals surface area contributed by atoms with Crippen molar-refractivity contribution in [3.63, 3.8) is 0 Å². The monoisotopic (exact) mass is 1180 g/mol. The Balaban J connectivity index is 1.05. The summed E-state index contributed by atoms with van der Waals surface area (Å²) >= 11 is 0. The summed E-state index contributed by atoms with van der Waals surface area (Å²) in [5, 5.41) is 6.09. The third-order valence-corrected chi connectivity index (χ3v) is 13.3. The number of benzene rings is 2. The Kier molecular flexibility index (Phi) is 23.4. The van der Waals surface area contributed by atoms with E-state index >= 15 is 0 Å². The number of hydrogen-bond donors (Lipinski definition) is 3. The highest BCUT2D eigenvalue weighted by molar-refractivity contribution is 6.12. The van der Waals surface area contributed by atoms with Gasteiger partial charge in [-0.2, -0.15) is 4.98 Å². The summed E-state index contributed by atoms with van der Waals surface area (Å²) in [5.41, 5.74) is 10.6. The Bertz CT molecular complexity index is 3090. The zero-order valence-electron chi connectivity index (χ0n) is 49.3. The number of fused-ring (bicyclic) bond motifs is 1. The summed E-state index contributed by atoms with van der Waals surface area (Å²) in [5.74, 6) is -4.43. The van der Waals surface area contributed by atoms with E-state index in [0.717, 1.165) is 69.0 Å². The number of nitrogens with zero attached hydrogens (tertiary/aromatic N) is 7. The number of nitrogens with two attached hydrogens (primary N) is 1. The van der Waals surface area contributed by atoms with Crippen LogP contribution < -0.4 is 21.1 Å². The average Bonchev–Trinajstić information content (AvgIpc) is 3.95. The number of carbonyl (C=O) groups is 9.